The summed E-state index contributed by atoms with van der Waals surface area (Å²) in [6.45, 7) is 2.19. The minimum absolute atomic E-state index is 0.0826. The third-order valence-corrected chi connectivity index (χ3v) is 3.49. The number of carbonyl (C=O) groups excluding carboxylic acids is 1. The molecule has 6 nitrogen and oxygen atoms in total. The van der Waals surface area contributed by atoms with Gasteiger partial charge in [0.05, 0.1) is 17.8 Å². The van der Waals surface area contributed by atoms with Crippen LogP contribution in [0.5, 0.6) is 0 Å². The summed E-state index contributed by atoms with van der Waals surface area (Å²) in [6, 6.07) is 4.72. The van der Waals surface area contributed by atoms with Gasteiger partial charge in [-0.3, -0.25) is 10.3 Å². The number of carbonyl (C=O) groups is 2. The van der Waals surface area contributed by atoms with Crippen molar-refractivity contribution >= 4 is 28.3 Å². The van der Waals surface area contributed by atoms with Gasteiger partial charge in [0.2, 0.25) is 0 Å². The van der Waals surface area contributed by atoms with Crippen molar-refractivity contribution in [1.82, 2.24) is 10.3 Å². The number of carboxylic acids is 1. The van der Waals surface area contributed by atoms with Gasteiger partial charge in [-0.2, -0.15) is 0 Å². The zero-order valence-corrected chi connectivity index (χ0v) is 11.5. The maximum atomic E-state index is 11.7. The standard InChI is InChI=1S/C13H13N3O3S/c1-8-3-2-5-14-10(8)7-15-13(19)16-11-9(12(17)18)4-6-20-11/h2-6H,7H2,1H3,(H,17,18)(H2,15,16,19). The highest BCUT2D eigenvalue weighted by atomic mass is 32.1. The number of aromatic nitrogens is 1. The second kappa shape index (κ2) is 6.16. The largest absolute Gasteiger partial charge is 0.478 e. The summed E-state index contributed by atoms with van der Waals surface area (Å²) < 4.78 is 0. The van der Waals surface area contributed by atoms with Crippen LogP contribution in [0.15, 0.2) is 29.8 Å². The van der Waals surface area contributed by atoms with E-state index in [-0.39, 0.29) is 12.1 Å². The number of carboxylic acid groups (broad SMARTS) is 1. The van der Waals surface area contributed by atoms with Gasteiger partial charge in [-0.25, -0.2) is 9.59 Å². The molecule has 104 valence electrons. The molecule has 2 aromatic heterocycles. The van der Waals surface area contributed by atoms with Crippen molar-refractivity contribution in [2.24, 2.45) is 0 Å². The third kappa shape index (κ3) is 3.33. The molecule has 0 aliphatic carbocycles. The molecule has 0 aromatic carbocycles. The highest BCUT2D eigenvalue weighted by Gasteiger charge is 2.13. The highest BCUT2D eigenvalue weighted by molar-refractivity contribution is 7.14. The summed E-state index contributed by atoms with van der Waals surface area (Å²) in [5.41, 5.74) is 1.83. The van der Waals surface area contributed by atoms with Gasteiger partial charge in [-0.15, -0.1) is 11.3 Å². The summed E-state index contributed by atoms with van der Waals surface area (Å²) in [6.07, 6.45) is 1.66. The number of aryl methyl sites for hydroxylation is 1. The number of hydrogen-bond acceptors (Lipinski definition) is 4. The normalized spacial score (nSPS) is 10.1. The van der Waals surface area contributed by atoms with E-state index in [2.05, 4.69) is 15.6 Å². The number of aromatic carboxylic acids is 1. The Balaban J connectivity index is 1.95. The van der Waals surface area contributed by atoms with Crippen LogP contribution in [-0.2, 0) is 6.54 Å². The highest BCUT2D eigenvalue weighted by Crippen LogP contribution is 2.22. The predicted molar refractivity (Wildman–Crippen MR) is 76.1 cm³/mol. The number of pyridine rings is 1. The molecule has 0 atom stereocenters. The van der Waals surface area contributed by atoms with Crippen LogP contribution >= 0.6 is 11.3 Å². The van der Waals surface area contributed by atoms with Gasteiger partial charge in [-0.05, 0) is 30.0 Å². The van der Waals surface area contributed by atoms with Crippen LogP contribution < -0.4 is 10.6 Å². The van der Waals surface area contributed by atoms with Crippen LogP contribution in [0.4, 0.5) is 9.80 Å². The van der Waals surface area contributed by atoms with Gasteiger partial charge in [0.1, 0.15) is 5.00 Å². The molecule has 20 heavy (non-hydrogen) atoms. The first-order valence-electron chi connectivity index (χ1n) is 5.84. The van der Waals surface area contributed by atoms with E-state index in [4.69, 9.17) is 5.11 Å². The van der Waals surface area contributed by atoms with Crippen LogP contribution in [0.1, 0.15) is 21.6 Å². The molecule has 0 radical (unpaired) electrons. The maximum absolute atomic E-state index is 11.7. The van der Waals surface area contributed by atoms with E-state index < -0.39 is 12.0 Å². The lowest BCUT2D eigenvalue weighted by atomic mass is 10.2. The van der Waals surface area contributed by atoms with Crippen molar-refractivity contribution in [3.8, 4) is 0 Å². The molecule has 2 amide bonds. The van der Waals surface area contributed by atoms with E-state index in [1.807, 2.05) is 19.1 Å². The van der Waals surface area contributed by atoms with E-state index in [9.17, 15) is 9.59 Å². The number of rotatable bonds is 4. The number of hydrogen-bond donors (Lipinski definition) is 3. The Bertz CT molecular complexity index is 639. The van der Waals surface area contributed by atoms with Crippen LogP contribution in [0, 0.1) is 6.92 Å². The molecular formula is C13H13N3O3S. The molecule has 3 N–H and O–H groups in total. The van der Waals surface area contributed by atoms with Crippen molar-refractivity contribution in [3.63, 3.8) is 0 Å². The molecule has 0 saturated carbocycles. The van der Waals surface area contributed by atoms with Crippen LogP contribution in [0.25, 0.3) is 0 Å². The van der Waals surface area contributed by atoms with E-state index in [1.165, 1.54) is 6.07 Å². The molecule has 0 fully saturated rings. The van der Waals surface area contributed by atoms with Crippen LogP contribution in [0.2, 0.25) is 0 Å². The zero-order chi connectivity index (χ0) is 14.5. The van der Waals surface area contributed by atoms with Gasteiger partial charge in [0.25, 0.3) is 0 Å². The number of urea groups is 1. The van der Waals surface area contributed by atoms with Gasteiger partial charge in [-0.1, -0.05) is 6.07 Å². The van der Waals surface area contributed by atoms with Crippen molar-refractivity contribution in [2.45, 2.75) is 13.5 Å². The number of nitrogens with zero attached hydrogens (tertiary/aromatic N) is 1. The minimum atomic E-state index is -1.07. The first-order chi connectivity index (χ1) is 9.58. The lowest BCUT2D eigenvalue weighted by molar-refractivity contribution is 0.0698. The number of thiophene rings is 1. The number of amides is 2. The van der Waals surface area contributed by atoms with Crippen LogP contribution in [-0.4, -0.2) is 22.1 Å². The van der Waals surface area contributed by atoms with Gasteiger partial charge in [0.15, 0.2) is 0 Å². The smallest absolute Gasteiger partial charge is 0.338 e. The van der Waals surface area contributed by atoms with Crippen molar-refractivity contribution < 1.29 is 14.7 Å². The molecule has 0 bridgehead atoms. The van der Waals surface area contributed by atoms with E-state index >= 15 is 0 Å². The van der Waals surface area contributed by atoms with Gasteiger partial charge in [0, 0.05) is 6.20 Å². The second-order valence-corrected chi connectivity index (χ2v) is 4.96. The lowest BCUT2D eigenvalue weighted by Crippen LogP contribution is -2.29. The minimum Gasteiger partial charge on any atom is -0.478 e. The first-order valence-corrected chi connectivity index (χ1v) is 6.72. The predicted octanol–water partition coefficient (Wildman–Crippen LogP) is 2.47. The molecule has 2 rings (SSSR count). The van der Waals surface area contributed by atoms with E-state index in [1.54, 1.807) is 11.6 Å². The molecule has 7 heteroatoms. The van der Waals surface area contributed by atoms with E-state index in [0.29, 0.717) is 5.00 Å². The quantitative estimate of drug-likeness (QED) is 0.807. The molecule has 0 aliphatic rings. The van der Waals surface area contributed by atoms with Gasteiger partial charge < -0.3 is 10.4 Å². The number of anilines is 1. The average Bonchev–Trinajstić information content (AvgIpc) is 2.86. The molecule has 0 unspecified atom stereocenters. The molecule has 2 heterocycles. The third-order valence-electron chi connectivity index (χ3n) is 2.66. The van der Waals surface area contributed by atoms with Gasteiger partial charge >= 0.3 is 12.0 Å². The monoisotopic (exact) mass is 291 g/mol. The second-order valence-electron chi connectivity index (χ2n) is 4.04. The maximum Gasteiger partial charge on any atom is 0.338 e. The summed E-state index contributed by atoms with van der Waals surface area (Å²) in [5.74, 6) is -1.07. The van der Waals surface area contributed by atoms with Crippen LogP contribution in [0.3, 0.4) is 0 Å². The Morgan fingerprint density at radius 3 is 2.90 bits per heavy atom. The lowest BCUT2D eigenvalue weighted by Gasteiger charge is -2.08. The Morgan fingerprint density at radius 1 is 1.40 bits per heavy atom. The first kappa shape index (κ1) is 14.0. The molecule has 0 saturated heterocycles. The SMILES string of the molecule is Cc1cccnc1CNC(=O)Nc1sccc1C(=O)O. The topological polar surface area (TPSA) is 91.3 Å². The molecule has 2 aromatic rings. The molecule has 0 spiro atoms. The fraction of sp³-hybridized carbons (Fsp3) is 0.154. The Hall–Kier alpha value is -2.41. The average molecular weight is 291 g/mol. The summed E-state index contributed by atoms with van der Waals surface area (Å²) in [4.78, 5) is 26.8. The fourth-order valence-corrected chi connectivity index (χ4v) is 2.36. The van der Waals surface area contributed by atoms with Crippen molar-refractivity contribution in [2.75, 3.05) is 5.32 Å². The van der Waals surface area contributed by atoms with Crippen molar-refractivity contribution in [3.05, 3.63) is 46.6 Å². The zero-order valence-electron chi connectivity index (χ0n) is 10.7. The Kier molecular flexibility index (Phi) is 4.31. The summed E-state index contributed by atoms with van der Waals surface area (Å²) in [5, 5.41) is 16.0. The number of nitrogens with one attached hydrogen (secondary N) is 2. The van der Waals surface area contributed by atoms with E-state index in [0.717, 1.165) is 22.6 Å². The molecular weight excluding hydrogens is 278 g/mol. The van der Waals surface area contributed by atoms with Crippen molar-refractivity contribution in [1.29, 1.82) is 0 Å². The Labute approximate surface area is 119 Å². The molecule has 0 aliphatic heterocycles. The Morgan fingerprint density at radius 2 is 2.20 bits per heavy atom. The summed E-state index contributed by atoms with van der Waals surface area (Å²) in [7, 11) is 0. The summed E-state index contributed by atoms with van der Waals surface area (Å²) >= 11 is 1.16. The fourth-order valence-electron chi connectivity index (χ4n) is 1.59.